The second-order valence-corrected chi connectivity index (χ2v) is 7.01. The lowest BCUT2D eigenvalue weighted by molar-refractivity contribution is -0.160. The summed E-state index contributed by atoms with van der Waals surface area (Å²) in [6.07, 6.45) is 0. The number of carbonyl (C=O) groups is 1. The number of esters is 1. The molecule has 1 rings (SSSR count). The highest BCUT2D eigenvalue weighted by Crippen LogP contribution is 2.06. The fraction of sp³-hybridized carbons (Fsp3) is 0.667. The van der Waals surface area contributed by atoms with Crippen LogP contribution in [0, 0.1) is 0 Å². The van der Waals surface area contributed by atoms with Crippen molar-refractivity contribution in [2.45, 2.75) is 33.0 Å². The Morgan fingerprint density at radius 2 is 1.18 bits per heavy atom. The van der Waals surface area contributed by atoms with Crippen LogP contribution in [0.15, 0.2) is 30.3 Å². The van der Waals surface area contributed by atoms with Gasteiger partial charge in [-0.3, -0.25) is 0 Å². The molecule has 0 aliphatic rings. The summed E-state index contributed by atoms with van der Waals surface area (Å²) in [5.41, 5.74) is 0.661. The molecular formula is C21H34O7. The molecule has 0 atom stereocenters. The summed E-state index contributed by atoms with van der Waals surface area (Å²) in [5, 5.41) is 0. The average molecular weight is 398 g/mol. The lowest BCUT2D eigenvalue weighted by Gasteiger charge is -2.19. The van der Waals surface area contributed by atoms with Crippen LogP contribution in [-0.4, -0.2) is 71.0 Å². The summed E-state index contributed by atoms with van der Waals surface area (Å²) in [5.74, 6) is -0.374. The van der Waals surface area contributed by atoms with Crippen molar-refractivity contribution in [3.63, 3.8) is 0 Å². The molecule has 0 N–H and O–H groups in total. The van der Waals surface area contributed by atoms with E-state index in [-0.39, 0.29) is 12.6 Å². The highest BCUT2D eigenvalue weighted by atomic mass is 16.6. The normalized spacial score (nSPS) is 11.5. The zero-order valence-electron chi connectivity index (χ0n) is 17.3. The van der Waals surface area contributed by atoms with E-state index in [0.29, 0.717) is 59.5 Å². The molecule has 0 saturated heterocycles. The zero-order chi connectivity index (χ0) is 20.5. The molecule has 28 heavy (non-hydrogen) atoms. The number of hydrogen-bond donors (Lipinski definition) is 0. The molecule has 160 valence electrons. The van der Waals surface area contributed by atoms with Crippen molar-refractivity contribution in [2.75, 3.05) is 59.5 Å². The number of hydrogen-bond acceptors (Lipinski definition) is 7. The molecule has 7 heteroatoms. The highest BCUT2D eigenvalue weighted by molar-refractivity contribution is 5.71. The van der Waals surface area contributed by atoms with Gasteiger partial charge in [0.1, 0.15) is 12.2 Å². The molecule has 0 aliphatic heterocycles. The smallest absolute Gasteiger partial charge is 0.332 e. The molecule has 0 fully saturated rings. The van der Waals surface area contributed by atoms with Crippen molar-refractivity contribution in [3.05, 3.63) is 35.9 Å². The topological polar surface area (TPSA) is 72.5 Å². The molecule has 1 aromatic carbocycles. The number of ether oxygens (including phenoxy) is 6. The van der Waals surface area contributed by atoms with Crippen molar-refractivity contribution >= 4 is 5.97 Å². The van der Waals surface area contributed by atoms with Gasteiger partial charge in [0.2, 0.25) is 0 Å². The van der Waals surface area contributed by atoms with Gasteiger partial charge in [-0.2, -0.15) is 0 Å². The van der Waals surface area contributed by atoms with Crippen LogP contribution in [0.3, 0.4) is 0 Å². The molecule has 1 aromatic rings. The first-order valence-corrected chi connectivity index (χ1v) is 9.62. The fourth-order valence-electron chi connectivity index (χ4n) is 2.07. The van der Waals surface area contributed by atoms with Gasteiger partial charge in [-0.1, -0.05) is 30.3 Å². The predicted octanol–water partition coefficient (Wildman–Crippen LogP) is 2.61. The van der Waals surface area contributed by atoms with Gasteiger partial charge in [0.05, 0.1) is 59.5 Å². The summed E-state index contributed by atoms with van der Waals surface area (Å²) in [6.45, 7) is 9.82. The minimum absolute atomic E-state index is 0.0659. The Kier molecular flexibility index (Phi) is 13.5. The molecule has 0 saturated carbocycles. The molecule has 0 unspecified atom stereocenters. The molecular weight excluding hydrogens is 364 g/mol. The van der Waals surface area contributed by atoms with E-state index in [1.54, 1.807) is 0 Å². The third-order valence-electron chi connectivity index (χ3n) is 3.24. The summed E-state index contributed by atoms with van der Waals surface area (Å²) >= 11 is 0. The van der Waals surface area contributed by atoms with E-state index in [2.05, 4.69) is 0 Å². The minimum atomic E-state index is -0.493. The highest BCUT2D eigenvalue weighted by Gasteiger charge is 2.15. The van der Waals surface area contributed by atoms with Gasteiger partial charge in [-0.05, 0) is 26.3 Å². The van der Waals surface area contributed by atoms with Crippen LogP contribution in [0.25, 0.3) is 0 Å². The number of rotatable bonds is 16. The van der Waals surface area contributed by atoms with Gasteiger partial charge < -0.3 is 28.4 Å². The minimum Gasteiger partial charge on any atom is -0.458 e. The monoisotopic (exact) mass is 398 g/mol. The lowest BCUT2D eigenvalue weighted by atomic mass is 10.2. The van der Waals surface area contributed by atoms with E-state index < -0.39 is 5.60 Å². The van der Waals surface area contributed by atoms with Crippen molar-refractivity contribution in [1.29, 1.82) is 0 Å². The summed E-state index contributed by atoms with van der Waals surface area (Å²) in [6, 6.07) is 10.0. The van der Waals surface area contributed by atoms with Gasteiger partial charge in [0, 0.05) is 0 Å². The van der Waals surface area contributed by atoms with Crippen molar-refractivity contribution < 1.29 is 33.2 Å². The van der Waals surface area contributed by atoms with Gasteiger partial charge in [-0.15, -0.1) is 0 Å². The molecule has 7 nitrogen and oxygen atoms in total. The van der Waals surface area contributed by atoms with Crippen LogP contribution in [0.2, 0.25) is 0 Å². The van der Waals surface area contributed by atoms with Crippen molar-refractivity contribution in [3.8, 4) is 0 Å². The number of carbonyl (C=O) groups excluding carboxylic acids is 1. The molecule has 0 bridgehead atoms. The molecule has 0 heterocycles. The summed E-state index contributed by atoms with van der Waals surface area (Å²) in [7, 11) is 0. The molecule has 0 amide bonds. The van der Waals surface area contributed by atoms with Crippen LogP contribution < -0.4 is 0 Å². The van der Waals surface area contributed by atoms with Gasteiger partial charge in [0.25, 0.3) is 0 Å². The van der Waals surface area contributed by atoms with Crippen LogP contribution in [0.5, 0.6) is 0 Å². The Balaban J connectivity index is 1.76. The van der Waals surface area contributed by atoms with E-state index in [0.717, 1.165) is 5.56 Å². The Hall–Kier alpha value is -1.51. The van der Waals surface area contributed by atoms with E-state index in [1.165, 1.54) is 0 Å². The van der Waals surface area contributed by atoms with Crippen LogP contribution in [-0.2, 0) is 39.8 Å². The van der Waals surface area contributed by atoms with E-state index >= 15 is 0 Å². The summed E-state index contributed by atoms with van der Waals surface area (Å²) in [4.78, 5) is 11.4. The zero-order valence-corrected chi connectivity index (χ0v) is 17.3. The first-order valence-electron chi connectivity index (χ1n) is 9.62. The van der Waals surface area contributed by atoms with Crippen LogP contribution >= 0.6 is 0 Å². The average Bonchev–Trinajstić information content (AvgIpc) is 2.64. The van der Waals surface area contributed by atoms with Crippen molar-refractivity contribution in [2.24, 2.45) is 0 Å². The van der Waals surface area contributed by atoms with Gasteiger partial charge in [0.15, 0.2) is 0 Å². The van der Waals surface area contributed by atoms with Crippen molar-refractivity contribution in [1.82, 2.24) is 0 Å². The fourth-order valence-corrected chi connectivity index (χ4v) is 2.07. The third kappa shape index (κ3) is 15.5. The van der Waals surface area contributed by atoms with E-state index in [9.17, 15) is 4.79 Å². The lowest BCUT2D eigenvalue weighted by Crippen LogP contribution is -2.27. The molecule has 0 radical (unpaired) electrons. The third-order valence-corrected chi connectivity index (χ3v) is 3.24. The SMILES string of the molecule is CC(C)(C)OC(=O)COCCOCCOCCOCCOCc1ccccc1. The molecule has 0 aromatic heterocycles. The van der Waals surface area contributed by atoms with Gasteiger partial charge in [-0.25, -0.2) is 4.79 Å². The Labute approximate surface area is 168 Å². The Morgan fingerprint density at radius 1 is 0.714 bits per heavy atom. The van der Waals surface area contributed by atoms with Crippen LogP contribution in [0.4, 0.5) is 0 Å². The first kappa shape index (κ1) is 24.5. The second-order valence-electron chi connectivity index (χ2n) is 7.01. The second kappa shape index (κ2) is 15.4. The first-order chi connectivity index (χ1) is 13.5. The molecule has 0 spiro atoms. The predicted molar refractivity (Wildman–Crippen MR) is 105 cm³/mol. The van der Waals surface area contributed by atoms with E-state index in [4.69, 9.17) is 28.4 Å². The Bertz CT molecular complexity index is 499. The largest absolute Gasteiger partial charge is 0.458 e. The van der Waals surface area contributed by atoms with Gasteiger partial charge >= 0.3 is 5.97 Å². The maximum absolute atomic E-state index is 11.4. The molecule has 0 aliphatic carbocycles. The Morgan fingerprint density at radius 3 is 1.68 bits per heavy atom. The number of benzene rings is 1. The maximum Gasteiger partial charge on any atom is 0.332 e. The standard InChI is InChI=1S/C21H34O7/c1-21(2,3)28-20(22)18-27-16-14-25-12-10-23-9-11-24-13-15-26-17-19-7-5-4-6-8-19/h4-8H,9-18H2,1-3H3. The maximum atomic E-state index is 11.4. The summed E-state index contributed by atoms with van der Waals surface area (Å²) < 4.78 is 32.0. The quantitative estimate of drug-likeness (QED) is 0.313. The van der Waals surface area contributed by atoms with Crippen LogP contribution in [0.1, 0.15) is 26.3 Å². The van der Waals surface area contributed by atoms with E-state index in [1.807, 2.05) is 51.1 Å².